The van der Waals surface area contributed by atoms with Gasteiger partial charge in [-0.3, -0.25) is 19.2 Å². The Morgan fingerprint density at radius 2 is 1.09 bits per heavy atom. The van der Waals surface area contributed by atoms with Gasteiger partial charge in [-0.05, 0) is 110 Å². The fourth-order valence-electron chi connectivity index (χ4n) is 9.20. The maximum absolute atomic E-state index is 14.2. The van der Waals surface area contributed by atoms with Crippen molar-refractivity contribution in [2.45, 2.75) is 115 Å². The maximum atomic E-state index is 14.2. The number of alkyl carbamates (subject to hydrolysis) is 1. The Bertz CT molecular complexity index is 1990. The fourth-order valence-corrected chi connectivity index (χ4v) is 9.20. The molecule has 3 fully saturated rings. The van der Waals surface area contributed by atoms with Gasteiger partial charge in [-0.15, -0.1) is 0 Å². The molecular formula is C48H63FN8O7. The standard InChI is InChI=1S/C48H63FN8O7/c1-7-29(3)41(53-47(62)50-5)45(60)55-27-9-11-39(55)43(58)51-34-19-13-31(14-20-34)37-25-26-38(57(37)36-23-17-33(49)18-24-36)32-15-21-35(22-16-32)52-44(59)40-12-10-28-56(40)46(61)42(30(4)8-2)54-48(63)64-6/h13-24,29-30,37-42H,7-12,25-28H2,1-6H3,(H,51,58)(H,52,59)(H,54,63)(H2,50,53,62)/t29?,30?,37?,38-,39+,40?,41?,42?/m1/s1. The van der Waals surface area contributed by atoms with Crippen LogP contribution in [0.4, 0.5) is 31.0 Å². The van der Waals surface area contributed by atoms with Crippen LogP contribution < -0.4 is 31.5 Å². The third-order valence-electron chi connectivity index (χ3n) is 13.2. The molecule has 0 spiro atoms. The number of anilines is 3. The molecule has 6 rings (SSSR count). The highest BCUT2D eigenvalue weighted by molar-refractivity contribution is 6.00. The number of benzene rings is 3. The van der Waals surface area contributed by atoms with Gasteiger partial charge < -0.3 is 46.0 Å². The molecule has 3 aromatic carbocycles. The van der Waals surface area contributed by atoms with Gasteiger partial charge in [0, 0.05) is 37.2 Å². The Kier molecular flexibility index (Phi) is 15.9. The van der Waals surface area contributed by atoms with Gasteiger partial charge in [0.1, 0.15) is 30.0 Å². The van der Waals surface area contributed by atoms with Gasteiger partial charge in [0.2, 0.25) is 23.6 Å². The van der Waals surface area contributed by atoms with Crippen molar-refractivity contribution in [2.24, 2.45) is 11.8 Å². The lowest BCUT2D eigenvalue weighted by atomic mass is 9.97. The summed E-state index contributed by atoms with van der Waals surface area (Å²) in [6.45, 7) is 8.51. The number of carbonyl (C=O) groups excluding carboxylic acids is 6. The second-order valence-corrected chi connectivity index (χ2v) is 17.2. The highest BCUT2D eigenvalue weighted by Gasteiger charge is 2.41. The summed E-state index contributed by atoms with van der Waals surface area (Å²) in [4.78, 5) is 84.4. The summed E-state index contributed by atoms with van der Waals surface area (Å²) in [5.74, 6) is -1.79. The van der Waals surface area contributed by atoms with Crippen LogP contribution in [0, 0.1) is 17.7 Å². The first-order chi connectivity index (χ1) is 30.8. The maximum Gasteiger partial charge on any atom is 0.407 e. The predicted molar refractivity (Wildman–Crippen MR) is 243 cm³/mol. The average Bonchev–Trinajstić information content (AvgIpc) is 4.11. The van der Waals surface area contributed by atoms with Crippen LogP contribution in [-0.4, -0.2) is 97.0 Å². The molecule has 344 valence electrons. The van der Waals surface area contributed by atoms with E-state index in [1.165, 1.54) is 26.3 Å². The van der Waals surface area contributed by atoms with Gasteiger partial charge in [0.15, 0.2) is 0 Å². The molecule has 64 heavy (non-hydrogen) atoms. The Labute approximate surface area is 375 Å². The number of hydrogen-bond donors (Lipinski definition) is 5. The lowest BCUT2D eigenvalue weighted by Gasteiger charge is -2.33. The van der Waals surface area contributed by atoms with Gasteiger partial charge in [0.05, 0.1) is 19.2 Å². The summed E-state index contributed by atoms with van der Waals surface area (Å²) in [7, 11) is 2.75. The van der Waals surface area contributed by atoms with Gasteiger partial charge in [-0.1, -0.05) is 64.8 Å². The molecule has 3 aliphatic heterocycles. The van der Waals surface area contributed by atoms with Crippen LogP contribution in [0.2, 0.25) is 0 Å². The summed E-state index contributed by atoms with van der Waals surface area (Å²) < 4.78 is 19.0. The number of halogens is 1. The molecule has 0 radical (unpaired) electrons. The molecule has 5 N–H and O–H groups in total. The zero-order chi connectivity index (χ0) is 46.1. The van der Waals surface area contributed by atoms with E-state index in [0.29, 0.717) is 63.0 Å². The summed E-state index contributed by atoms with van der Waals surface area (Å²) in [6.07, 6.45) is 4.57. The van der Waals surface area contributed by atoms with E-state index >= 15 is 0 Å². The molecule has 0 aliphatic carbocycles. The van der Waals surface area contributed by atoms with Crippen molar-refractivity contribution in [3.05, 3.63) is 89.7 Å². The van der Waals surface area contributed by atoms with Crippen LogP contribution in [0.1, 0.15) is 102 Å². The lowest BCUT2D eigenvalue weighted by Crippen LogP contribution is -2.56. The molecule has 3 saturated heterocycles. The summed E-state index contributed by atoms with van der Waals surface area (Å²) >= 11 is 0. The van der Waals surface area contributed by atoms with Crippen LogP contribution in [0.3, 0.4) is 0 Å². The molecule has 0 saturated carbocycles. The summed E-state index contributed by atoms with van der Waals surface area (Å²) in [6, 6.07) is 18.3. The Balaban J connectivity index is 1.14. The second kappa shape index (κ2) is 21.5. The molecule has 7 amide bonds. The van der Waals surface area contributed by atoms with Crippen LogP contribution >= 0.6 is 0 Å². The van der Waals surface area contributed by atoms with E-state index in [-0.39, 0.29) is 53.4 Å². The van der Waals surface area contributed by atoms with E-state index in [1.807, 2.05) is 76.2 Å². The number of methoxy groups -OCH3 is 1. The molecular weight excluding hydrogens is 820 g/mol. The average molecular weight is 883 g/mol. The molecule has 3 aliphatic rings. The number of ether oxygens (including phenoxy) is 1. The number of carbonyl (C=O) groups is 6. The number of amides is 7. The molecule has 15 nitrogen and oxygen atoms in total. The Morgan fingerprint density at radius 1 is 0.656 bits per heavy atom. The van der Waals surface area contributed by atoms with Crippen LogP contribution in [0.15, 0.2) is 72.8 Å². The van der Waals surface area contributed by atoms with Crippen LogP contribution in [0.5, 0.6) is 0 Å². The number of rotatable bonds is 15. The number of nitrogens with zero attached hydrogens (tertiary/aromatic N) is 3. The smallest absolute Gasteiger partial charge is 0.407 e. The topological polar surface area (TPSA) is 182 Å². The van der Waals surface area contributed by atoms with E-state index in [4.69, 9.17) is 4.74 Å². The van der Waals surface area contributed by atoms with E-state index in [0.717, 1.165) is 29.7 Å². The van der Waals surface area contributed by atoms with Gasteiger partial charge in [0.25, 0.3) is 0 Å². The first kappa shape index (κ1) is 47.3. The molecule has 8 atom stereocenters. The quantitative estimate of drug-likeness (QED) is 0.110. The molecule has 3 heterocycles. The van der Waals surface area contributed by atoms with Crippen molar-refractivity contribution in [3.8, 4) is 0 Å². The van der Waals surface area contributed by atoms with Crippen LogP contribution in [-0.2, 0) is 23.9 Å². The zero-order valence-corrected chi connectivity index (χ0v) is 37.7. The first-order valence-electron chi connectivity index (χ1n) is 22.6. The van der Waals surface area contributed by atoms with E-state index in [1.54, 1.807) is 21.9 Å². The minimum atomic E-state index is -0.816. The largest absolute Gasteiger partial charge is 0.453 e. The second-order valence-electron chi connectivity index (χ2n) is 17.2. The van der Waals surface area contributed by atoms with Crippen molar-refractivity contribution in [2.75, 3.05) is 42.8 Å². The number of urea groups is 1. The van der Waals surface area contributed by atoms with Crippen molar-refractivity contribution in [1.82, 2.24) is 25.8 Å². The molecule has 0 bridgehead atoms. The number of hydrogen-bond acceptors (Lipinski definition) is 8. The van der Waals surface area contributed by atoms with E-state index in [2.05, 4.69) is 31.5 Å². The predicted octanol–water partition coefficient (Wildman–Crippen LogP) is 6.88. The third-order valence-corrected chi connectivity index (χ3v) is 13.2. The zero-order valence-electron chi connectivity index (χ0n) is 37.7. The summed E-state index contributed by atoms with van der Waals surface area (Å²) in [5.41, 5.74) is 4.04. The normalized spacial score (nSPS) is 21.3. The highest BCUT2D eigenvalue weighted by atomic mass is 19.1. The number of nitrogens with one attached hydrogen (secondary N) is 5. The first-order valence-corrected chi connectivity index (χ1v) is 22.6. The monoisotopic (exact) mass is 882 g/mol. The Hall–Kier alpha value is -6.19. The van der Waals surface area contributed by atoms with Crippen molar-refractivity contribution in [1.29, 1.82) is 0 Å². The minimum absolute atomic E-state index is 0.0772. The fraction of sp³-hybridized carbons (Fsp3) is 0.500. The lowest BCUT2D eigenvalue weighted by molar-refractivity contribution is -0.139. The Morgan fingerprint density at radius 3 is 1.50 bits per heavy atom. The highest BCUT2D eigenvalue weighted by Crippen LogP contribution is 2.47. The molecule has 3 aromatic rings. The van der Waals surface area contributed by atoms with Crippen molar-refractivity contribution in [3.63, 3.8) is 0 Å². The third kappa shape index (κ3) is 10.8. The van der Waals surface area contributed by atoms with Crippen molar-refractivity contribution < 1.29 is 37.9 Å². The van der Waals surface area contributed by atoms with Gasteiger partial charge >= 0.3 is 12.1 Å². The van der Waals surface area contributed by atoms with Crippen molar-refractivity contribution >= 4 is 52.8 Å². The van der Waals surface area contributed by atoms with E-state index < -0.39 is 36.3 Å². The number of likely N-dealkylation sites (tertiary alicyclic amines) is 2. The van der Waals surface area contributed by atoms with Crippen LogP contribution in [0.25, 0.3) is 0 Å². The van der Waals surface area contributed by atoms with E-state index in [9.17, 15) is 33.2 Å². The summed E-state index contributed by atoms with van der Waals surface area (Å²) in [5, 5.41) is 14.0. The SMILES string of the molecule is CCC(C)C(NC(=O)OC)C(=O)N1CCCC1C(=O)Nc1ccc([C@H]2CCC(c3ccc(NC(=O)[C@@H]4CCCN4C(=O)C(NC(=O)NC)C(C)CC)cc3)N2c2ccc(F)cc2)cc1. The van der Waals surface area contributed by atoms with Gasteiger partial charge in [-0.2, -0.15) is 0 Å². The molecule has 0 aromatic heterocycles. The van der Waals surface area contributed by atoms with Gasteiger partial charge in [-0.25, -0.2) is 14.0 Å². The minimum Gasteiger partial charge on any atom is -0.453 e. The molecule has 6 unspecified atom stereocenters. The molecule has 16 heteroatoms.